The first-order valence-electron chi connectivity index (χ1n) is 8.92. The molecule has 2 atom stereocenters. The number of sulfonamides is 1. The third-order valence-corrected chi connectivity index (χ3v) is 4.96. The molecule has 1 aliphatic heterocycles. The van der Waals surface area contributed by atoms with Gasteiger partial charge in [0.1, 0.15) is 12.4 Å². The number of carbonyl (C=O) groups is 1. The average molecular weight is 462 g/mol. The molecule has 0 bridgehead atoms. The fraction of sp³-hybridized carbons (Fsp3) is 0.316. The number of rotatable bonds is 5. The number of carbonyl (C=O) groups excluding carboxylic acids is 1. The first-order chi connectivity index (χ1) is 14.3. The Bertz CT molecular complexity index is 1100. The van der Waals surface area contributed by atoms with Crippen LogP contribution in [-0.4, -0.2) is 33.3 Å². The largest absolute Gasteiger partial charge is 0.485 e. The van der Waals surface area contributed by atoms with E-state index in [1.54, 1.807) is 6.92 Å². The predicted octanol–water partition coefficient (Wildman–Crippen LogP) is 3.23. The number of halogens is 4. The summed E-state index contributed by atoms with van der Waals surface area (Å²) >= 11 is 0. The average Bonchev–Trinajstić information content (AvgIpc) is 2.66. The van der Waals surface area contributed by atoms with Gasteiger partial charge in [0.25, 0.3) is 5.91 Å². The van der Waals surface area contributed by atoms with Crippen LogP contribution in [0.15, 0.2) is 36.4 Å². The zero-order valence-corrected chi connectivity index (χ0v) is 17.1. The highest BCUT2D eigenvalue weighted by Gasteiger charge is 2.34. The lowest BCUT2D eigenvalue weighted by Crippen LogP contribution is -2.44. The molecule has 2 aromatic carbocycles. The van der Waals surface area contributed by atoms with Gasteiger partial charge in [0, 0.05) is 0 Å². The van der Waals surface area contributed by atoms with Gasteiger partial charge in [0.2, 0.25) is 16.1 Å². The van der Waals surface area contributed by atoms with Crippen molar-refractivity contribution in [1.29, 1.82) is 0 Å². The highest BCUT2D eigenvalue weighted by molar-refractivity contribution is 7.92. The Labute approximate surface area is 175 Å². The van der Waals surface area contributed by atoms with Crippen molar-refractivity contribution in [3.05, 3.63) is 53.3 Å². The Morgan fingerprint density at radius 2 is 1.87 bits per heavy atom. The van der Waals surface area contributed by atoms with E-state index >= 15 is 0 Å². The predicted molar refractivity (Wildman–Crippen MR) is 103 cm³/mol. The van der Waals surface area contributed by atoms with Crippen LogP contribution in [0.25, 0.3) is 0 Å². The molecule has 1 amide bonds. The first kappa shape index (κ1) is 22.7. The highest BCUT2D eigenvalue weighted by atomic mass is 32.2. The molecular weight excluding hydrogens is 444 g/mol. The fourth-order valence-corrected chi connectivity index (χ4v) is 3.41. The SMILES string of the molecule is CC(NC(=O)[C@H]1COc2cc(C(F)(F)F)ccc2O1)c1ccc(NS(C)(=O)=O)c(F)c1. The van der Waals surface area contributed by atoms with E-state index in [1.807, 2.05) is 4.72 Å². The number of hydrogen-bond acceptors (Lipinski definition) is 5. The lowest BCUT2D eigenvalue weighted by Gasteiger charge is -2.27. The van der Waals surface area contributed by atoms with Crippen molar-refractivity contribution in [3.8, 4) is 11.5 Å². The van der Waals surface area contributed by atoms with Crippen LogP contribution >= 0.6 is 0 Å². The Kier molecular flexibility index (Phi) is 6.03. The maximum atomic E-state index is 14.2. The molecule has 1 unspecified atom stereocenters. The second-order valence-electron chi connectivity index (χ2n) is 6.92. The summed E-state index contributed by atoms with van der Waals surface area (Å²) in [6.45, 7) is 1.27. The standard InChI is InChI=1S/C19H18F4N2O5S/c1-10(11-3-5-14(13(20)7-11)25-31(2,27)28)24-18(26)17-9-29-16-8-12(19(21,22)23)4-6-15(16)30-17/h3-8,10,17,25H,9H2,1-2H3,(H,24,26)/t10?,17-/m1/s1. The summed E-state index contributed by atoms with van der Waals surface area (Å²) in [4.78, 5) is 12.5. The molecule has 12 heteroatoms. The Morgan fingerprint density at radius 3 is 2.48 bits per heavy atom. The lowest BCUT2D eigenvalue weighted by atomic mass is 10.1. The molecule has 0 saturated carbocycles. The van der Waals surface area contributed by atoms with Crippen molar-refractivity contribution in [2.24, 2.45) is 0 Å². The van der Waals surface area contributed by atoms with Gasteiger partial charge in [-0.1, -0.05) is 6.07 Å². The van der Waals surface area contributed by atoms with Gasteiger partial charge in [0.05, 0.1) is 23.5 Å². The Morgan fingerprint density at radius 1 is 1.16 bits per heavy atom. The number of amides is 1. The minimum absolute atomic E-state index is 0.00528. The van der Waals surface area contributed by atoms with Gasteiger partial charge in [-0.05, 0) is 42.8 Å². The van der Waals surface area contributed by atoms with Crippen molar-refractivity contribution in [1.82, 2.24) is 5.32 Å². The number of ether oxygens (including phenoxy) is 2. The molecule has 0 radical (unpaired) electrons. The van der Waals surface area contributed by atoms with Gasteiger partial charge in [-0.3, -0.25) is 9.52 Å². The molecular formula is C19H18F4N2O5S. The van der Waals surface area contributed by atoms with Crippen LogP contribution in [0, 0.1) is 5.82 Å². The minimum Gasteiger partial charge on any atom is -0.485 e. The van der Waals surface area contributed by atoms with Crippen LogP contribution in [-0.2, 0) is 21.0 Å². The molecule has 0 spiro atoms. The van der Waals surface area contributed by atoms with Gasteiger partial charge in [-0.2, -0.15) is 13.2 Å². The number of anilines is 1. The molecule has 7 nitrogen and oxygen atoms in total. The number of nitrogens with one attached hydrogen (secondary N) is 2. The summed E-state index contributed by atoms with van der Waals surface area (Å²) < 4.78 is 87.7. The van der Waals surface area contributed by atoms with Gasteiger partial charge in [0.15, 0.2) is 11.5 Å². The zero-order chi connectivity index (χ0) is 23.0. The second-order valence-corrected chi connectivity index (χ2v) is 8.67. The van der Waals surface area contributed by atoms with E-state index in [0.717, 1.165) is 30.5 Å². The molecule has 0 aromatic heterocycles. The highest BCUT2D eigenvalue weighted by Crippen LogP contribution is 2.38. The van der Waals surface area contributed by atoms with Crippen molar-refractivity contribution >= 4 is 21.6 Å². The molecule has 2 N–H and O–H groups in total. The monoisotopic (exact) mass is 462 g/mol. The lowest BCUT2D eigenvalue weighted by molar-refractivity contribution is -0.138. The minimum atomic E-state index is -4.54. The van der Waals surface area contributed by atoms with Gasteiger partial charge in [-0.25, -0.2) is 12.8 Å². The second kappa shape index (κ2) is 8.25. The van der Waals surface area contributed by atoms with Crippen LogP contribution in [0.1, 0.15) is 24.1 Å². The van der Waals surface area contributed by atoms with E-state index in [-0.39, 0.29) is 23.8 Å². The molecule has 0 fully saturated rings. The van der Waals surface area contributed by atoms with E-state index in [9.17, 15) is 30.8 Å². The smallest absolute Gasteiger partial charge is 0.416 e. The van der Waals surface area contributed by atoms with Gasteiger partial charge < -0.3 is 14.8 Å². The molecule has 2 aromatic rings. The molecule has 0 aliphatic carbocycles. The maximum Gasteiger partial charge on any atom is 0.416 e. The molecule has 168 valence electrons. The third-order valence-electron chi connectivity index (χ3n) is 4.37. The Balaban J connectivity index is 1.66. The Hall–Kier alpha value is -3.02. The van der Waals surface area contributed by atoms with Crippen molar-refractivity contribution < 1.29 is 40.2 Å². The number of benzene rings is 2. The molecule has 3 rings (SSSR count). The van der Waals surface area contributed by atoms with Gasteiger partial charge in [-0.15, -0.1) is 0 Å². The van der Waals surface area contributed by atoms with E-state index in [0.29, 0.717) is 5.56 Å². The quantitative estimate of drug-likeness (QED) is 0.666. The fourth-order valence-electron chi connectivity index (χ4n) is 2.85. The maximum absolute atomic E-state index is 14.2. The van der Waals surface area contributed by atoms with Crippen LogP contribution < -0.4 is 19.5 Å². The molecule has 0 saturated heterocycles. The summed E-state index contributed by atoms with van der Waals surface area (Å²) in [7, 11) is -3.65. The van der Waals surface area contributed by atoms with Crippen molar-refractivity contribution in [2.45, 2.75) is 25.2 Å². The number of fused-ring (bicyclic) bond motifs is 1. The van der Waals surface area contributed by atoms with E-state index < -0.39 is 45.6 Å². The van der Waals surface area contributed by atoms with Crippen LogP contribution in [0.4, 0.5) is 23.2 Å². The summed E-state index contributed by atoms with van der Waals surface area (Å²) in [5.41, 5.74) is -0.775. The van der Waals surface area contributed by atoms with Crippen LogP contribution in [0.5, 0.6) is 11.5 Å². The normalized spacial score (nSPS) is 17.0. The van der Waals surface area contributed by atoms with E-state index in [4.69, 9.17) is 9.47 Å². The summed E-state index contributed by atoms with van der Waals surface area (Å²) in [5, 5.41) is 2.60. The van der Waals surface area contributed by atoms with Crippen molar-refractivity contribution in [2.75, 3.05) is 17.6 Å². The molecule has 1 aliphatic rings. The van der Waals surface area contributed by atoms with Crippen molar-refractivity contribution in [3.63, 3.8) is 0 Å². The van der Waals surface area contributed by atoms with Crippen LogP contribution in [0.2, 0.25) is 0 Å². The third kappa shape index (κ3) is 5.57. The number of hydrogen-bond donors (Lipinski definition) is 2. The van der Waals surface area contributed by atoms with Crippen LogP contribution in [0.3, 0.4) is 0 Å². The molecule has 1 heterocycles. The first-order valence-corrected chi connectivity index (χ1v) is 10.8. The zero-order valence-electron chi connectivity index (χ0n) is 16.3. The summed E-state index contributed by atoms with van der Waals surface area (Å²) in [6.07, 6.45) is -4.77. The van der Waals surface area contributed by atoms with E-state index in [2.05, 4.69) is 5.32 Å². The topological polar surface area (TPSA) is 93.7 Å². The number of alkyl halides is 3. The summed E-state index contributed by atoms with van der Waals surface area (Å²) in [5.74, 6) is -1.57. The summed E-state index contributed by atoms with van der Waals surface area (Å²) in [6, 6.07) is 5.75. The van der Waals surface area contributed by atoms with E-state index in [1.165, 1.54) is 12.1 Å². The van der Waals surface area contributed by atoms with Gasteiger partial charge >= 0.3 is 6.18 Å². The molecule has 31 heavy (non-hydrogen) atoms.